The zero-order chi connectivity index (χ0) is 26.8. The number of hydrogen-bond donors (Lipinski definition) is 2. The number of carbonyl (C=O) groups excluding carboxylic acids is 4. The number of benzene rings is 1. The molecule has 2 N–H and O–H groups in total. The molecule has 0 fully saturated rings. The third kappa shape index (κ3) is 9.96. The largest absolute Gasteiger partial charge is 0.466 e. The number of carbonyl (C=O) groups is 4. The van der Waals surface area contributed by atoms with Gasteiger partial charge >= 0.3 is 12.1 Å². The first-order valence-electron chi connectivity index (χ1n) is 12.0. The fraction of sp³-hybridized carbons (Fsp3) is 0.615. The summed E-state index contributed by atoms with van der Waals surface area (Å²) >= 11 is 0. The molecule has 0 spiro atoms. The van der Waals surface area contributed by atoms with E-state index in [9.17, 15) is 19.2 Å². The molecule has 9 nitrogen and oxygen atoms in total. The fourth-order valence-electron chi connectivity index (χ4n) is 3.33. The Balaban J connectivity index is 3.25. The molecule has 0 heterocycles. The number of nitrogens with one attached hydrogen (secondary N) is 2. The van der Waals surface area contributed by atoms with Crippen molar-refractivity contribution in [3.8, 4) is 0 Å². The number of ether oxygens (including phenoxy) is 2. The molecule has 1 atom stereocenters. The van der Waals surface area contributed by atoms with Gasteiger partial charge in [-0.1, -0.05) is 36.8 Å². The van der Waals surface area contributed by atoms with Crippen LogP contribution >= 0.6 is 0 Å². The Bertz CT molecular complexity index is 874. The van der Waals surface area contributed by atoms with Crippen LogP contribution in [-0.4, -0.2) is 59.6 Å². The van der Waals surface area contributed by atoms with E-state index < -0.39 is 41.1 Å². The average Bonchev–Trinajstić information content (AvgIpc) is 2.75. The van der Waals surface area contributed by atoms with Crippen molar-refractivity contribution in [3.05, 3.63) is 35.4 Å². The highest BCUT2D eigenvalue weighted by atomic mass is 16.6. The number of amides is 3. The summed E-state index contributed by atoms with van der Waals surface area (Å²) in [6.45, 7) is 14.5. The van der Waals surface area contributed by atoms with Crippen molar-refractivity contribution in [1.29, 1.82) is 0 Å². The van der Waals surface area contributed by atoms with E-state index in [1.807, 2.05) is 39.8 Å². The maximum atomic E-state index is 13.5. The first kappa shape index (κ1) is 29.9. The van der Waals surface area contributed by atoms with E-state index in [0.717, 1.165) is 5.56 Å². The van der Waals surface area contributed by atoms with Crippen molar-refractivity contribution in [2.45, 2.75) is 85.4 Å². The van der Waals surface area contributed by atoms with Gasteiger partial charge in [0.05, 0.1) is 13.0 Å². The van der Waals surface area contributed by atoms with Crippen LogP contribution in [0, 0.1) is 6.92 Å². The number of alkyl carbamates (subject to hydrolysis) is 1. The van der Waals surface area contributed by atoms with Gasteiger partial charge in [-0.2, -0.15) is 0 Å². The molecule has 0 saturated heterocycles. The molecule has 0 aliphatic rings. The Morgan fingerprint density at radius 2 is 1.57 bits per heavy atom. The van der Waals surface area contributed by atoms with Crippen LogP contribution in [0.4, 0.5) is 4.79 Å². The average molecular weight is 492 g/mol. The lowest BCUT2D eigenvalue weighted by atomic mass is 9.92. The van der Waals surface area contributed by atoms with Gasteiger partial charge in [0.1, 0.15) is 18.2 Å². The van der Waals surface area contributed by atoms with Gasteiger partial charge in [0.2, 0.25) is 11.8 Å². The van der Waals surface area contributed by atoms with Crippen LogP contribution in [0.5, 0.6) is 0 Å². The third-order valence-corrected chi connectivity index (χ3v) is 5.40. The van der Waals surface area contributed by atoms with Crippen LogP contribution in [0.15, 0.2) is 24.3 Å². The van der Waals surface area contributed by atoms with Crippen LogP contribution < -0.4 is 10.6 Å². The zero-order valence-electron chi connectivity index (χ0n) is 22.3. The molecule has 1 aromatic carbocycles. The molecule has 1 unspecified atom stereocenters. The minimum Gasteiger partial charge on any atom is -0.466 e. The maximum absolute atomic E-state index is 13.5. The third-order valence-electron chi connectivity index (χ3n) is 5.40. The second-order valence-electron chi connectivity index (χ2n) is 9.94. The lowest BCUT2D eigenvalue weighted by molar-refractivity contribution is -0.147. The molecule has 9 heteroatoms. The van der Waals surface area contributed by atoms with E-state index >= 15 is 0 Å². The highest BCUT2D eigenvalue weighted by Crippen LogP contribution is 2.31. The summed E-state index contributed by atoms with van der Waals surface area (Å²) in [4.78, 5) is 52.3. The molecular weight excluding hydrogens is 450 g/mol. The number of esters is 1. The molecule has 1 aromatic rings. The molecule has 0 aliphatic carbocycles. The maximum Gasteiger partial charge on any atom is 0.408 e. The van der Waals surface area contributed by atoms with E-state index in [2.05, 4.69) is 10.6 Å². The molecular formula is C26H41N3O6. The molecule has 35 heavy (non-hydrogen) atoms. The highest BCUT2D eigenvalue weighted by molar-refractivity contribution is 5.91. The van der Waals surface area contributed by atoms with Gasteiger partial charge < -0.3 is 25.0 Å². The smallest absolute Gasteiger partial charge is 0.408 e. The Kier molecular flexibility index (Phi) is 11.2. The SMILES string of the molecule is CCOC(=O)CCNC(=O)C(c1ccc(C)cc1)N(C(=O)CNC(=O)OC(C)(C)C)C(C)(C)CC. The van der Waals surface area contributed by atoms with Crippen molar-refractivity contribution < 1.29 is 28.7 Å². The van der Waals surface area contributed by atoms with Gasteiger partial charge in [0.15, 0.2) is 0 Å². The second kappa shape index (κ2) is 13.1. The number of hydrogen-bond acceptors (Lipinski definition) is 6. The van der Waals surface area contributed by atoms with Crippen LogP contribution in [0.1, 0.15) is 78.5 Å². The lowest BCUT2D eigenvalue weighted by Gasteiger charge is -2.43. The highest BCUT2D eigenvalue weighted by Gasteiger charge is 2.40. The van der Waals surface area contributed by atoms with Gasteiger partial charge in [-0.25, -0.2) is 4.79 Å². The Morgan fingerprint density at radius 3 is 2.09 bits per heavy atom. The summed E-state index contributed by atoms with van der Waals surface area (Å²) in [5, 5.41) is 5.26. The molecule has 0 saturated carbocycles. The van der Waals surface area contributed by atoms with E-state index in [-0.39, 0.29) is 26.1 Å². The topological polar surface area (TPSA) is 114 Å². The molecule has 196 valence electrons. The minimum atomic E-state index is -0.972. The predicted molar refractivity (Wildman–Crippen MR) is 134 cm³/mol. The number of rotatable bonds is 11. The zero-order valence-corrected chi connectivity index (χ0v) is 22.3. The van der Waals surface area contributed by atoms with Crippen molar-refractivity contribution in [3.63, 3.8) is 0 Å². The molecule has 0 aromatic heterocycles. The van der Waals surface area contributed by atoms with Gasteiger partial charge in [-0.3, -0.25) is 14.4 Å². The molecule has 3 amide bonds. The first-order valence-corrected chi connectivity index (χ1v) is 12.0. The molecule has 0 bridgehead atoms. The van der Waals surface area contributed by atoms with Crippen molar-refractivity contribution in [2.75, 3.05) is 19.7 Å². The van der Waals surface area contributed by atoms with Crippen molar-refractivity contribution >= 4 is 23.9 Å². The fourth-order valence-corrected chi connectivity index (χ4v) is 3.33. The Hall–Kier alpha value is -3.10. The van der Waals surface area contributed by atoms with Crippen LogP contribution in [0.25, 0.3) is 0 Å². The predicted octanol–water partition coefficient (Wildman–Crippen LogP) is 3.65. The summed E-state index contributed by atoms with van der Waals surface area (Å²) in [7, 11) is 0. The van der Waals surface area contributed by atoms with Gasteiger partial charge in [0, 0.05) is 12.1 Å². The molecule has 0 radical (unpaired) electrons. The standard InChI is InChI=1S/C26H41N3O6/c1-9-26(7,8)29(20(30)17-28-24(33)35-25(4,5)6)22(19-13-11-18(3)12-14-19)23(32)27-16-15-21(31)34-10-2/h11-14,22H,9-10,15-17H2,1-8H3,(H,27,32)(H,28,33). The van der Waals surface area contributed by atoms with E-state index in [1.165, 1.54) is 4.90 Å². The minimum absolute atomic E-state index is 0.0194. The summed E-state index contributed by atoms with van der Waals surface area (Å²) in [6.07, 6.45) is -0.138. The monoisotopic (exact) mass is 491 g/mol. The molecule has 0 aliphatic heterocycles. The van der Waals surface area contributed by atoms with Crippen molar-refractivity contribution in [2.24, 2.45) is 0 Å². The second-order valence-corrected chi connectivity index (χ2v) is 9.94. The number of nitrogens with zero attached hydrogens (tertiary/aromatic N) is 1. The first-order chi connectivity index (χ1) is 16.2. The van der Waals surface area contributed by atoms with Crippen LogP contribution in [0.2, 0.25) is 0 Å². The van der Waals surface area contributed by atoms with E-state index in [1.54, 1.807) is 39.8 Å². The normalized spacial score (nSPS) is 12.3. The van der Waals surface area contributed by atoms with E-state index in [0.29, 0.717) is 12.0 Å². The summed E-state index contributed by atoms with van der Waals surface area (Å²) in [5.74, 6) is -1.28. The Labute approximate surface area is 208 Å². The quantitative estimate of drug-likeness (QED) is 0.457. The van der Waals surface area contributed by atoms with E-state index in [4.69, 9.17) is 9.47 Å². The van der Waals surface area contributed by atoms with Gasteiger partial charge in [0.25, 0.3) is 0 Å². The van der Waals surface area contributed by atoms with Crippen molar-refractivity contribution in [1.82, 2.24) is 15.5 Å². The van der Waals surface area contributed by atoms with Crippen LogP contribution in [0.3, 0.4) is 0 Å². The lowest BCUT2D eigenvalue weighted by Crippen LogP contribution is -2.56. The molecule has 1 rings (SSSR count). The Morgan fingerprint density at radius 1 is 0.971 bits per heavy atom. The summed E-state index contributed by atoms with van der Waals surface area (Å²) < 4.78 is 10.2. The summed E-state index contributed by atoms with van der Waals surface area (Å²) in [6, 6.07) is 6.38. The van der Waals surface area contributed by atoms with Crippen LogP contribution in [-0.2, 0) is 23.9 Å². The van der Waals surface area contributed by atoms with Gasteiger partial charge in [-0.15, -0.1) is 0 Å². The summed E-state index contributed by atoms with van der Waals surface area (Å²) in [5.41, 5.74) is 0.199. The number of aryl methyl sites for hydroxylation is 1. The van der Waals surface area contributed by atoms with Gasteiger partial charge in [-0.05, 0) is 60.5 Å².